The van der Waals surface area contributed by atoms with E-state index >= 15 is 0 Å². The van der Waals surface area contributed by atoms with Crippen LogP contribution in [-0.4, -0.2) is 65.5 Å². The Labute approximate surface area is 161 Å². The van der Waals surface area contributed by atoms with Gasteiger partial charge in [-0.2, -0.15) is 0 Å². The van der Waals surface area contributed by atoms with Crippen molar-refractivity contribution in [2.75, 3.05) is 26.2 Å². The van der Waals surface area contributed by atoms with Crippen LogP contribution in [0.15, 0.2) is 0 Å². The first kappa shape index (κ1) is 20.1. The minimum Gasteiger partial charge on any atom is -0.378 e. The van der Waals surface area contributed by atoms with Crippen molar-refractivity contribution in [2.45, 2.75) is 71.4 Å². The molecule has 27 heavy (non-hydrogen) atoms. The number of carbonyl (C=O) groups is 3. The van der Waals surface area contributed by atoms with Gasteiger partial charge in [0, 0.05) is 19.7 Å². The molecule has 1 N–H and O–H groups in total. The molecule has 1 aliphatic carbocycles. The van der Waals surface area contributed by atoms with Crippen molar-refractivity contribution in [3.8, 4) is 0 Å². The van der Waals surface area contributed by atoms with E-state index < -0.39 is 11.6 Å². The molecular formula is C20H33N3O4. The molecule has 0 aromatic rings. The summed E-state index contributed by atoms with van der Waals surface area (Å²) in [6.45, 7) is 10.1. The molecule has 2 heterocycles. The lowest BCUT2D eigenvalue weighted by Gasteiger charge is -2.43. The van der Waals surface area contributed by atoms with Crippen LogP contribution in [0.5, 0.6) is 0 Å². The molecular weight excluding hydrogens is 346 g/mol. The van der Waals surface area contributed by atoms with Gasteiger partial charge in [0.1, 0.15) is 12.1 Å². The van der Waals surface area contributed by atoms with E-state index in [2.05, 4.69) is 26.1 Å². The highest BCUT2D eigenvalue weighted by molar-refractivity contribution is 6.09. The van der Waals surface area contributed by atoms with Crippen LogP contribution in [0.3, 0.4) is 0 Å². The monoisotopic (exact) mass is 379 g/mol. The fraction of sp³-hybridized carbons (Fsp3) is 0.850. The Morgan fingerprint density at radius 1 is 1.22 bits per heavy atom. The number of nitrogens with one attached hydrogen (secondary N) is 1. The molecule has 3 fully saturated rings. The number of hydrogen-bond acceptors (Lipinski definition) is 4. The Morgan fingerprint density at radius 3 is 2.48 bits per heavy atom. The second kappa shape index (κ2) is 7.41. The maximum Gasteiger partial charge on any atom is 0.325 e. The molecule has 0 bridgehead atoms. The van der Waals surface area contributed by atoms with Crippen molar-refractivity contribution in [3.05, 3.63) is 0 Å². The summed E-state index contributed by atoms with van der Waals surface area (Å²) in [5.41, 5.74) is -0.859. The van der Waals surface area contributed by atoms with Crippen LogP contribution in [0.4, 0.5) is 4.79 Å². The predicted octanol–water partition coefficient (Wildman–Crippen LogP) is 2.15. The zero-order valence-electron chi connectivity index (χ0n) is 17.0. The molecule has 2 unspecified atom stereocenters. The summed E-state index contributed by atoms with van der Waals surface area (Å²) < 4.78 is 5.62. The number of ether oxygens (including phenoxy) is 1. The number of nitrogens with zero attached hydrogens (tertiary/aromatic N) is 2. The lowest BCUT2D eigenvalue weighted by atomic mass is 9.64. The lowest BCUT2D eigenvalue weighted by molar-refractivity contribution is -0.142. The standard InChI is InChI=1S/C20H33N3O4/c1-5-27-15-6-8-22(9-7-15)16(24)12-23-17(25)20(21-18(23)26)11-14(2)10-19(3,4)13-20/h14-15H,5-13H2,1-4H3,(H,21,26). The minimum absolute atomic E-state index is 0.0121. The summed E-state index contributed by atoms with van der Waals surface area (Å²) >= 11 is 0. The van der Waals surface area contributed by atoms with E-state index in [0.29, 0.717) is 38.5 Å². The number of amides is 4. The maximum absolute atomic E-state index is 13.1. The summed E-state index contributed by atoms with van der Waals surface area (Å²) in [5, 5.41) is 2.93. The van der Waals surface area contributed by atoms with Gasteiger partial charge in [0.25, 0.3) is 5.91 Å². The SMILES string of the molecule is CCOC1CCN(C(=O)CN2C(=O)NC3(CC(C)CC(C)(C)C3)C2=O)CC1. The summed E-state index contributed by atoms with van der Waals surface area (Å²) in [7, 11) is 0. The fourth-order valence-corrected chi connectivity index (χ4v) is 5.39. The molecule has 4 amide bonds. The van der Waals surface area contributed by atoms with Crippen molar-refractivity contribution in [1.29, 1.82) is 0 Å². The highest BCUT2D eigenvalue weighted by atomic mass is 16.5. The number of carbonyl (C=O) groups excluding carboxylic acids is 3. The van der Waals surface area contributed by atoms with Crippen molar-refractivity contribution in [2.24, 2.45) is 11.3 Å². The number of urea groups is 1. The molecule has 2 saturated heterocycles. The van der Waals surface area contributed by atoms with E-state index in [0.717, 1.165) is 24.2 Å². The second-order valence-corrected chi connectivity index (χ2v) is 9.29. The van der Waals surface area contributed by atoms with Crippen LogP contribution in [0.2, 0.25) is 0 Å². The first-order valence-electron chi connectivity index (χ1n) is 10.2. The topological polar surface area (TPSA) is 79.0 Å². The number of rotatable bonds is 4. The van der Waals surface area contributed by atoms with Crippen LogP contribution in [0, 0.1) is 11.3 Å². The summed E-state index contributed by atoms with van der Waals surface area (Å²) in [6.07, 6.45) is 4.10. The summed E-state index contributed by atoms with van der Waals surface area (Å²) in [5.74, 6) is -0.0375. The van der Waals surface area contributed by atoms with Gasteiger partial charge in [-0.25, -0.2) is 4.79 Å². The molecule has 7 heteroatoms. The van der Waals surface area contributed by atoms with Crippen molar-refractivity contribution in [3.63, 3.8) is 0 Å². The smallest absolute Gasteiger partial charge is 0.325 e. The summed E-state index contributed by atoms with van der Waals surface area (Å²) in [4.78, 5) is 41.2. The van der Waals surface area contributed by atoms with E-state index in [1.807, 2.05) is 6.92 Å². The Balaban J connectivity index is 1.63. The second-order valence-electron chi connectivity index (χ2n) is 9.29. The van der Waals surface area contributed by atoms with Gasteiger partial charge in [0.05, 0.1) is 6.10 Å². The molecule has 1 saturated carbocycles. The van der Waals surface area contributed by atoms with E-state index in [1.54, 1.807) is 4.90 Å². The number of imide groups is 1. The molecule has 1 spiro atoms. The maximum atomic E-state index is 13.1. The average Bonchev–Trinajstić information content (AvgIpc) is 2.77. The molecule has 0 aromatic carbocycles. The molecule has 2 atom stereocenters. The van der Waals surface area contributed by atoms with Gasteiger partial charge in [0.15, 0.2) is 0 Å². The molecule has 0 radical (unpaired) electrons. The first-order chi connectivity index (χ1) is 12.7. The highest BCUT2D eigenvalue weighted by Crippen LogP contribution is 2.46. The number of likely N-dealkylation sites (tertiary alicyclic amines) is 1. The number of piperidine rings is 1. The van der Waals surface area contributed by atoms with E-state index in [-0.39, 0.29) is 29.9 Å². The van der Waals surface area contributed by atoms with Crippen molar-refractivity contribution < 1.29 is 19.1 Å². The Morgan fingerprint density at radius 2 is 1.89 bits per heavy atom. The van der Waals surface area contributed by atoms with Gasteiger partial charge < -0.3 is 15.0 Å². The zero-order chi connectivity index (χ0) is 19.8. The van der Waals surface area contributed by atoms with Gasteiger partial charge in [-0.15, -0.1) is 0 Å². The fourth-order valence-electron chi connectivity index (χ4n) is 5.39. The van der Waals surface area contributed by atoms with E-state index in [9.17, 15) is 14.4 Å². The minimum atomic E-state index is -0.847. The molecule has 3 rings (SSSR count). The molecule has 7 nitrogen and oxygen atoms in total. The van der Waals surface area contributed by atoms with Crippen LogP contribution in [0.25, 0.3) is 0 Å². The molecule has 3 aliphatic rings. The third kappa shape index (κ3) is 4.13. The van der Waals surface area contributed by atoms with Gasteiger partial charge in [-0.1, -0.05) is 20.8 Å². The van der Waals surface area contributed by atoms with Crippen LogP contribution in [0.1, 0.15) is 59.8 Å². The number of hydrogen-bond donors (Lipinski definition) is 1. The van der Waals surface area contributed by atoms with Gasteiger partial charge >= 0.3 is 6.03 Å². The van der Waals surface area contributed by atoms with Crippen LogP contribution < -0.4 is 5.32 Å². The average molecular weight is 380 g/mol. The molecule has 2 aliphatic heterocycles. The third-order valence-electron chi connectivity index (χ3n) is 6.11. The van der Waals surface area contributed by atoms with Gasteiger partial charge in [-0.05, 0) is 50.4 Å². The van der Waals surface area contributed by atoms with Crippen LogP contribution in [-0.2, 0) is 14.3 Å². The molecule has 0 aromatic heterocycles. The largest absolute Gasteiger partial charge is 0.378 e. The zero-order valence-corrected chi connectivity index (χ0v) is 17.0. The van der Waals surface area contributed by atoms with E-state index in [4.69, 9.17) is 4.74 Å². The lowest BCUT2D eigenvalue weighted by Crippen LogP contribution is -2.54. The quantitative estimate of drug-likeness (QED) is 0.759. The van der Waals surface area contributed by atoms with Crippen molar-refractivity contribution >= 4 is 17.8 Å². The molecule has 152 valence electrons. The van der Waals surface area contributed by atoms with E-state index in [1.165, 1.54) is 0 Å². The first-order valence-corrected chi connectivity index (χ1v) is 10.2. The Kier molecular flexibility index (Phi) is 5.52. The van der Waals surface area contributed by atoms with Gasteiger partial charge in [0.2, 0.25) is 5.91 Å². The highest BCUT2D eigenvalue weighted by Gasteiger charge is 2.56. The Bertz CT molecular complexity index is 612. The Hall–Kier alpha value is -1.63. The normalized spacial score (nSPS) is 31.5. The van der Waals surface area contributed by atoms with Crippen LogP contribution >= 0.6 is 0 Å². The summed E-state index contributed by atoms with van der Waals surface area (Å²) in [6, 6.07) is -0.428. The van der Waals surface area contributed by atoms with Gasteiger partial charge in [-0.3, -0.25) is 14.5 Å². The van der Waals surface area contributed by atoms with Crippen molar-refractivity contribution in [1.82, 2.24) is 15.1 Å². The third-order valence-corrected chi connectivity index (χ3v) is 6.11. The predicted molar refractivity (Wildman–Crippen MR) is 101 cm³/mol.